The molecule has 1 saturated heterocycles. The molecule has 2 amide bonds. The van der Waals surface area contributed by atoms with Gasteiger partial charge in [0.1, 0.15) is 0 Å². The Morgan fingerprint density at radius 3 is 2.92 bits per heavy atom. The highest BCUT2D eigenvalue weighted by Crippen LogP contribution is 2.40. The third-order valence-corrected chi connectivity index (χ3v) is 5.64. The number of nitrogens with one attached hydrogen (secondary N) is 1. The third kappa shape index (κ3) is 3.85. The number of carbonyl (C=O) groups is 2. The summed E-state index contributed by atoms with van der Waals surface area (Å²) in [5, 5.41) is 6.44. The molecule has 0 radical (unpaired) electrons. The van der Waals surface area contributed by atoms with E-state index in [0.29, 0.717) is 24.5 Å². The van der Waals surface area contributed by atoms with Crippen molar-refractivity contribution in [1.82, 2.24) is 15.2 Å². The van der Waals surface area contributed by atoms with Crippen LogP contribution in [0.15, 0.2) is 35.8 Å². The van der Waals surface area contributed by atoms with Crippen LogP contribution in [0.2, 0.25) is 5.02 Å². The van der Waals surface area contributed by atoms with Crippen LogP contribution in [0.25, 0.3) is 0 Å². The van der Waals surface area contributed by atoms with Crippen LogP contribution >= 0.6 is 22.9 Å². The zero-order valence-corrected chi connectivity index (χ0v) is 15.5. The fourth-order valence-electron chi connectivity index (χ4n) is 3.30. The number of likely N-dealkylation sites (tertiary alicyclic amines) is 1. The average Bonchev–Trinajstić information content (AvgIpc) is 3.22. The number of aromatic nitrogens is 1. The van der Waals surface area contributed by atoms with Crippen LogP contribution in [0.4, 0.5) is 0 Å². The molecule has 0 saturated carbocycles. The summed E-state index contributed by atoms with van der Waals surface area (Å²) >= 11 is 7.91. The van der Waals surface area contributed by atoms with E-state index in [-0.39, 0.29) is 24.3 Å². The van der Waals surface area contributed by atoms with E-state index in [1.165, 1.54) is 0 Å². The molecule has 1 aliphatic heterocycles. The molecule has 2 atom stereocenters. The maximum absolute atomic E-state index is 12.7. The first-order valence-electron chi connectivity index (χ1n) is 8.31. The fourth-order valence-corrected chi connectivity index (χ4v) is 4.17. The van der Waals surface area contributed by atoms with Crippen molar-refractivity contribution in [3.8, 4) is 0 Å². The van der Waals surface area contributed by atoms with Crippen molar-refractivity contribution in [2.45, 2.75) is 25.8 Å². The highest BCUT2D eigenvalue weighted by atomic mass is 35.5. The predicted molar refractivity (Wildman–Crippen MR) is 98.5 cm³/mol. The summed E-state index contributed by atoms with van der Waals surface area (Å²) in [5.41, 5.74) is 0.831. The average molecular weight is 378 g/mol. The van der Waals surface area contributed by atoms with Crippen molar-refractivity contribution in [3.05, 3.63) is 51.4 Å². The number of thiazole rings is 1. The van der Waals surface area contributed by atoms with E-state index in [1.807, 2.05) is 30.5 Å². The van der Waals surface area contributed by atoms with Crippen molar-refractivity contribution >= 4 is 34.8 Å². The quantitative estimate of drug-likeness (QED) is 0.841. The Hall–Kier alpha value is -1.92. The highest BCUT2D eigenvalue weighted by Gasteiger charge is 2.44. The standard InChI is InChI=1S/C18H20ClN3O2S/c1-2-22-16(23)11-13(17(22)12-5-3-4-6-14(12)19)18(24)21-8-7-15-20-9-10-25-15/h3-6,9-10,13,17H,2,7-8,11H2,1H3,(H,21,24)/t13-,17+/m1/s1. The fraction of sp³-hybridized carbons (Fsp3) is 0.389. The minimum absolute atomic E-state index is 0.00695. The van der Waals surface area contributed by atoms with Crippen LogP contribution in [-0.4, -0.2) is 34.8 Å². The Labute approximate surface area is 156 Å². The molecule has 1 N–H and O–H groups in total. The molecular formula is C18H20ClN3O2S. The Balaban J connectivity index is 1.74. The molecule has 0 spiro atoms. The molecule has 0 unspecified atom stereocenters. The number of hydrogen-bond acceptors (Lipinski definition) is 4. The van der Waals surface area contributed by atoms with Gasteiger partial charge in [0, 0.05) is 42.5 Å². The van der Waals surface area contributed by atoms with Gasteiger partial charge < -0.3 is 10.2 Å². The number of amides is 2. The summed E-state index contributed by atoms with van der Waals surface area (Å²) in [6.07, 6.45) is 2.66. The molecule has 0 aliphatic carbocycles. The van der Waals surface area contributed by atoms with E-state index in [1.54, 1.807) is 28.5 Å². The van der Waals surface area contributed by atoms with Gasteiger partial charge >= 0.3 is 0 Å². The Bertz CT molecular complexity index is 751. The van der Waals surface area contributed by atoms with Crippen molar-refractivity contribution in [1.29, 1.82) is 0 Å². The largest absolute Gasteiger partial charge is 0.355 e. The van der Waals surface area contributed by atoms with Crippen LogP contribution in [-0.2, 0) is 16.0 Å². The number of nitrogens with zero attached hydrogens (tertiary/aromatic N) is 2. The Morgan fingerprint density at radius 1 is 1.44 bits per heavy atom. The maximum atomic E-state index is 12.7. The number of hydrogen-bond donors (Lipinski definition) is 1. The van der Waals surface area contributed by atoms with Gasteiger partial charge in [-0.25, -0.2) is 4.98 Å². The summed E-state index contributed by atoms with van der Waals surface area (Å²) in [4.78, 5) is 31.0. The first kappa shape index (κ1) is 17.9. The molecule has 5 nitrogen and oxygen atoms in total. The highest BCUT2D eigenvalue weighted by molar-refractivity contribution is 7.09. The molecule has 1 aromatic carbocycles. The van der Waals surface area contributed by atoms with E-state index in [0.717, 1.165) is 10.6 Å². The lowest BCUT2D eigenvalue weighted by Gasteiger charge is -2.28. The van der Waals surface area contributed by atoms with Crippen LogP contribution in [0.1, 0.15) is 30.0 Å². The lowest BCUT2D eigenvalue weighted by Crippen LogP contribution is -2.36. The van der Waals surface area contributed by atoms with Crippen LogP contribution in [0, 0.1) is 5.92 Å². The summed E-state index contributed by atoms with van der Waals surface area (Å²) in [6, 6.07) is 7.11. The lowest BCUT2D eigenvalue weighted by atomic mass is 9.92. The van der Waals surface area contributed by atoms with Crippen molar-refractivity contribution < 1.29 is 9.59 Å². The smallest absolute Gasteiger partial charge is 0.226 e. The lowest BCUT2D eigenvalue weighted by molar-refractivity contribution is -0.129. The van der Waals surface area contributed by atoms with Crippen molar-refractivity contribution in [2.24, 2.45) is 5.92 Å². The van der Waals surface area contributed by atoms with E-state index in [2.05, 4.69) is 10.3 Å². The Kier molecular flexibility index (Phi) is 5.71. The molecule has 132 valence electrons. The molecular weight excluding hydrogens is 358 g/mol. The molecule has 2 heterocycles. The molecule has 3 rings (SSSR count). The van der Waals surface area contributed by atoms with Crippen LogP contribution in [0.5, 0.6) is 0 Å². The van der Waals surface area contributed by atoms with E-state index in [9.17, 15) is 9.59 Å². The zero-order chi connectivity index (χ0) is 17.8. The monoisotopic (exact) mass is 377 g/mol. The minimum atomic E-state index is -0.427. The molecule has 1 fully saturated rings. The number of benzene rings is 1. The molecule has 25 heavy (non-hydrogen) atoms. The zero-order valence-electron chi connectivity index (χ0n) is 13.9. The van der Waals surface area contributed by atoms with Crippen molar-refractivity contribution in [3.63, 3.8) is 0 Å². The van der Waals surface area contributed by atoms with Gasteiger partial charge in [-0.3, -0.25) is 9.59 Å². The van der Waals surface area contributed by atoms with E-state index in [4.69, 9.17) is 11.6 Å². The number of carbonyl (C=O) groups excluding carboxylic acids is 2. The second kappa shape index (κ2) is 7.97. The first-order chi connectivity index (χ1) is 12.1. The van der Waals surface area contributed by atoms with E-state index >= 15 is 0 Å². The van der Waals surface area contributed by atoms with Crippen molar-refractivity contribution in [2.75, 3.05) is 13.1 Å². The normalized spacial score (nSPS) is 20.1. The minimum Gasteiger partial charge on any atom is -0.355 e. The number of rotatable bonds is 6. The van der Waals surface area contributed by atoms with Gasteiger partial charge in [0.15, 0.2) is 0 Å². The van der Waals surface area contributed by atoms with Gasteiger partial charge in [-0.2, -0.15) is 0 Å². The van der Waals surface area contributed by atoms with Crippen LogP contribution < -0.4 is 5.32 Å². The van der Waals surface area contributed by atoms with Gasteiger partial charge in [-0.1, -0.05) is 29.8 Å². The summed E-state index contributed by atoms with van der Waals surface area (Å²) in [7, 11) is 0. The first-order valence-corrected chi connectivity index (χ1v) is 9.57. The summed E-state index contributed by atoms with van der Waals surface area (Å²) < 4.78 is 0. The summed E-state index contributed by atoms with van der Waals surface area (Å²) in [6.45, 7) is 2.99. The molecule has 1 aromatic heterocycles. The SMILES string of the molecule is CCN1C(=O)C[C@@H](C(=O)NCCc2nccs2)[C@@H]1c1ccccc1Cl. The Morgan fingerprint density at radius 2 is 2.24 bits per heavy atom. The molecule has 2 aromatic rings. The topological polar surface area (TPSA) is 62.3 Å². The van der Waals surface area contributed by atoms with Gasteiger partial charge in [0.25, 0.3) is 0 Å². The summed E-state index contributed by atoms with van der Waals surface area (Å²) in [5.74, 6) is -0.540. The predicted octanol–water partition coefficient (Wildman–Crippen LogP) is 3.06. The molecule has 1 aliphatic rings. The third-order valence-electron chi connectivity index (χ3n) is 4.45. The van der Waals surface area contributed by atoms with Gasteiger partial charge in [0.05, 0.1) is 17.0 Å². The van der Waals surface area contributed by atoms with Gasteiger partial charge in [-0.15, -0.1) is 11.3 Å². The van der Waals surface area contributed by atoms with Gasteiger partial charge in [0.2, 0.25) is 11.8 Å². The molecule has 0 bridgehead atoms. The molecule has 7 heteroatoms. The second-order valence-electron chi connectivity index (χ2n) is 5.92. The maximum Gasteiger partial charge on any atom is 0.226 e. The number of halogens is 1. The second-order valence-corrected chi connectivity index (χ2v) is 7.31. The van der Waals surface area contributed by atoms with Gasteiger partial charge in [-0.05, 0) is 18.6 Å². The van der Waals surface area contributed by atoms with E-state index < -0.39 is 5.92 Å². The van der Waals surface area contributed by atoms with Crippen LogP contribution in [0.3, 0.4) is 0 Å².